The van der Waals surface area contributed by atoms with Crippen LogP contribution in [0.1, 0.15) is 50.7 Å². The molecule has 1 aliphatic rings. The van der Waals surface area contributed by atoms with Crippen molar-refractivity contribution in [2.24, 2.45) is 0 Å². The number of aliphatic hydroxyl groups excluding tert-OH is 1. The van der Waals surface area contributed by atoms with E-state index in [1.807, 2.05) is 24.3 Å². The lowest BCUT2D eigenvalue weighted by atomic mass is 9.84. The summed E-state index contributed by atoms with van der Waals surface area (Å²) in [7, 11) is 0. The van der Waals surface area contributed by atoms with Gasteiger partial charge in [-0.2, -0.15) is 0 Å². The van der Waals surface area contributed by atoms with Gasteiger partial charge in [0.25, 0.3) is 5.91 Å². The lowest BCUT2D eigenvalue weighted by Gasteiger charge is -2.28. The van der Waals surface area contributed by atoms with Crippen molar-refractivity contribution in [2.45, 2.75) is 24.5 Å². The Morgan fingerprint density at radius 2 is 1.66 bits per heavy atom. The molecule has 0 aliphatic carbocycles. The molecule has 12 nitrogen and oxygen atoms in total. The van der Waals surface area contributed by atoms with Gasteiger partial charge in [-0.25, -0.2) is 4.79 Å². The predicted molar refractivity (Wildman–Crippen MR) is 199 cm³/mol. The van der Waals surface area contributed by atoms with Crippen LogP contribution in [0.15, 0.2) is 114 Å². The molecule has 2 atom stereocenters. The van der Waals surface area contributed by atoms with E-state index < -0.39 is 17.7 Å². The second-order valence-corrected chi connectivity index (χ2v) is 12.9. The zero-order valence-corrected chi connectivity index (χ0v) is 28.8. The first-order chi connectivity index (χ1) is 25.5. The van der Waals surface area contributed by atoms with Crippen molar-refractivity contribution in [1.82, 2.24) is 20.5 Å². The number of hydrogen-bond donors (Lipinski definition) is 7. The smallest absolute Gasteiger partial charge is 0.345 e. The first-order valence-corrected chi connectivity index (χ1v) is 17.2. The summed E-state index contributed by atoms with van der Waals surface area (Å²) in [5, 5.41) is 48.5. The largest absolute Gasteiger partial charge is 0.506 e. The summed E-state index contributed by atoms with van der Waals surface area (Å²) in [4.78, 5) is 53.9. The molecule has 0 unspecified atom stereocenters. The van der Waals surface area contributed by atoms with Crippen LogP contribution in [0.25, 0.3) is 16.5 Å². The van der Waals surface area contributed by atoms with Crippen LogP contribution >= 0.6 is 0 Å². The van der Waals surface area contributed by atoms with Crippen LogP contribution in [0.3, 0.4) is 0 Å². The number of carbonyl (C=O) groups is 3. The number of nitrogens with zero attached hydrogens (tertiary/aromatic N) is 1. The Bertz CT molecular complexity index is 2220. The van der Waals surface area contributed by atoms with Crippen LogP contribution in [0, 0.1) is 0 Å². The van der Waals surface area contributed by atoms with Gasteiger partial charge in [0.2, 0.25) is 17.1 Å². The number of aliphatic carboxylic acids is 1. The van der Waals surface area contributed by atoms with E-state index in [1.165, 1.54) is 12.1 Å². The number of phenols is 1. The van der Waals surface area contributed by atoms with Crippen LogP contribution in [0.2, 0.25) is 0 Å². The summed E-state index contributed by atoms with van der Waals surface area (Å²) in [5.41, 5.74) is 1.86. The third-order valence-electron chi connectivity index (χ3n) is 9.52. The monoisotopic (exact) mass is 716 g/mol. The highest BCUT2D eigenvalue weighted by molar-refractivity contribution is 5.96. The van der Waals surface area contributed by atoms with E-state index >= 15 is 0 Å². The third kappa shape index (κ3) is 8.20. The number of pyridine rings is 1. The lowest BCUT2D eigenvalue weighted by molar-refractivity contribution is -0.155. The molecule has 12 heteroatoms. The highest BCUT2D eigenvalue weighted by Gasteiger charge is 2.40. The van der Waals surface area contributed by atoms with Crippen molar-refractivity contribution in [3.05, 3.63) is 153 Å². The topological polar surface area (TPSA) is 192 Å². The fourth-order valence-corrected chi connectivity index (χ4v) is 6.52. The van der Waals surface area contributed by atoms with Gasteiger partial charge in [0.05, 0.1) is 18.2 Å². The van der Waals surface area contributed by atoms with Crippen LogP contribution in [-0.2, 0) is 21.6 Å². The minimum atomic E-state index is -2.22. The van der Waals surface area contributed by atoms with Crippen molar-refractivity contribution >= 4 is 34.3 Å². The predicted octanol–water partition coefficient (Wildman–Crippen LogP) is 3.47. The van der Waals surface area contributed by atoms with Gasteiger partial charge in [0, 0.05) is 42.2 Å². The lowest BCUT2D eigenvalue weighted by Crippen LogP contribution is -2.42. The normalized spacial score (nSPS) is 14.6. The molecule has 53 heavy (non-hydrogen) atoms. The molecule has 0 radical (unpaired) electrons. The Morgan fingerprint density at radius 1 is 0.906 bits per heavy atom. The Kier molecular flexibility index (Phi) is 11.1. The number of aromatic hydroxyl groups is 1. The molecule has 4 aromatic carbocycles. The maximum atomic E-state index is 13.0. The molecule has 6 rings (SSSR count). The summed E-state index contributed by atoms with van der Waals surface area (Å²) in [6.45, 7) is 1.38. The number of amides is 2. The third-order valence-corrected chi connectivity index (χ3v) is 9.52. The van der Waals surface area contributed by atoms with E-state index in [1.54, 1.807) is 77.7 Å². The maximum Gasteiger partial charge on any atom is 0.345 e. The molecule has 0 bridgehead atoms. The van der Waals surface area contributed by atoms with Gasteiger partial charge >= 0.3 is 5.97 Å². The molecule has 0 spiro atoms. The van der Waals surface area contributed by atoms with E-state index in [0.717, 1.165) is 16.7 Å². The van der Waals surface area contributed by atoms with Gasteiger partial charge in [0.15, 0.2) is 0 Å². The molecule has 1 aliphatic heterocycles. The first-order valence-electron chi connectivity index (χ1n) is 17.2. The zero-order valence-electron chi connectivity index (χ0n) is 28.8. The number of phenolic OH excluding ortho intramolecular Hbond substituents is 1. The number of hydrogen-bond acceptors (Lipinski definition) is 8. The number of carbonyl (C=O) groups excluding carboxylic acids is 2. The number of aliphatic hydroxyl groups is 2. The molecule has 0 fully saturated rings. The minimum absolute atomic E-state index is 0.0693. The molecule has 5 aromatic rings. The molecular weight excluding hydrogens is 676 g/mol. The van der Waals surface area contributed by atoms with Crippen LogP contribution < -0.4 is 16.2 Å². The molecule has 2 heterocycles. The highest BCUT2D eigenvalue weighted by atomic mass is 16.4. The number of aromatic nitrogens is 1. The zero-order chi connectivity index (χ0) is 37.5. The Labute approximate surface area is 305 Å². The molecule has 0 saturated heterocycles. The van der Waals surface area contributed by atoms with Gasteiger partial charge < -0.3 is 40.9 Å². The van der Waals surface area contributed by atoms with Gasteiger partial charge in [-0.1, -0.05) is 72.8 Å². The number of carboxylic acid groups (broad SMARTS) is 1. The fourth-order valence-electron chi connectivity index (χ4n) is 6.52. The van der Waals surface area contributed by atoms with Crippen LogP contribution in [0.5, 0.6) is 5.75 Å². The van der Waals surface area contributed by atoms with Crippen molar-refractivity contribution in [3.8, 4) is 5.75 Å². The average molecular weight is 717 g/mol. The van der Waals surface area contributed by atoms with Crippen molar-refractivity contribution in [1.29, 1.82) is 0 Å². The maximum absolute atomic E-state index is 13.0. The van der Waals surface area contributed by atoms with E-state index in [-0.39, 0.29) is 52.9 Å². The second kappa shape index (κ2) is 16.1. The van der Waals surface area contributed by atoms with Crippen molar-refractivity contribution in [3.63, 3.8) is 0 Å². The quantitative estimate of drug-likeness (QED) is 0.0895. The van der Waals surface area contributed by atoms with Crippen LogP contribution in [0.4, 0.5) is 0 Å². The van der Waals surface area contributed by atoms with Crippen molar-refractivity contribution in [2.75, 3.05) is 32.7 Å². The van der Waals surface area contributed by atoms with Gasteiger partial charge in [-0.3, -0.25) is 14.4 Å². The molecule has 1 aromatic heterocycles. The number of nitrogens with one attached hydrogen (secondary N) is 3. The van der Waals surface area contributed by atoms with Gasteiger partial charge in [0.1, 0.15) is 5.75 Å². The Morgan fingerprint density at radius 3 is 2.38 bits per heavy atom. The summed E-state index contributed by atoms with van der Waals surface area (Å²) in [6.07, 6.45) is 2.19. The fraction of sp³-hybridized carbons (Fsp3) is 0.220. The molecule has 7 N–H and O–H groups in total. The van der Waals surface area contributed by atoms with E-state index in [4.69, 9.17) is 0 Å². The number of fused-ring (bicyclic) bond motifs is 1. The Hall–Kier alpha value is -6.08. The molecule has 272 valence electrons. The highest BCUT2D eigenvalue weighted by Crippen LogP contribution is 2.33. The number of benzene rings is 4. The molecule has 2 amide bonds. The van der Waals surface area contributed by atoms with Gasteiger partial charge in [-0.15, -0.1) is 0 Å². The minimum Gasteiger partial charge on any atom is -0.506 e. The van der Waals surface area contributed by atoms with E-state index in [0.29, 0.717) is 49.0 Å². The van der Waals surface area contributed by atoms with Crippen molar-refractivity contribution < 1.29 is 34.8 Å². The summed E-state index contributed by atoms with van der Waals surface area (Å²) in [6, 6.07) is 28.1. The van der Waals surface area contributed by atoms with E-state index in [9.17, 15) is 39.6 Å². The summed E-state index contributed by atoms with van der Waals surface area (Å²) in [5.74, 6) is -2.05. The Balaban J connectivity index is 0.962. The SMILES string of the molecule is O=C(NCC(=O)N1CC=C(c2cccc([C@](O)(C(=O)O)c3ccccc3)c2)CC1)c1ccc(CCNC[C@H](O)c2ccc(O)c3[nH]c(=O)ccc23)cc1. The molecule has 0 saturated carbocycles. The van der Waals surface area contributed by atoms with Crippen LogP contribution in [-0.4, -0.2) is 80.8 Å². The number of rotatable bonds is 13. The molecular formula is C41H40N4O8. The number of H-pyrrole nitrogens is 1. The number of aromatic amines is 1. The van der Waals surface area contributed by atoms with E-state index in [2.05, 4.69) is 15.6 Å². The summed E-state index contributed by atoms with van der Waals surface area (Å²) >= 11 is 0. The second-order valence-electron chi connectivity index (χ2n) is 12.9. The standard InChI is InChI=1S/C41H40N4O8/c46-34-15-13-32(33-14-16-36(48)44-38(33)34)35(47)24-42-20-17-26-9-11-28(12-10-26)39(50)43-25-37(49)45-21-18-27(19-22-45)29-5-4-8-31(23-29)41(53,40(51)52)30-6-2-1-3-7-30/h1-16,18,23,35,42,46-47,53H,17,19-22,24-25H2,(H,43,50)(H,44,48)(H,51,52)/t35-,41-/m0/s1. The summed E-state index contributed by atoms with van der Waals surface area (Å²) < 4.78 is 0. The number of carboxylic acids is 1. The van der Waals surface area contributed by atoms with Gasteiger partial charge in [-0.05, 0) is 77.5 Å². The first kappa shape index (κ1) is 36.7. The average Bonchev–Trinajstić information content (AvgIpc) is 3.19.